The first-order chi connectivity index (χ1) is 18.1. The lowest BCUT2D eigenvalue weighted by Gasteiger charge is -2.58. The number of carbonyl (C=O) groups excluding carboxylic acids is 2. The van der Waals surface area contributed by atoms with E-state index in [-0.39, 0.29) is 23.0 Å². The fourth-order valence-corrected chi connectivity index (χ4v) is 11.8. The van der Waals surface area contributed by atoms with Crippen LogP contribution in [-0.2, 0) is 9.53 Å². The molecule has 0 aromatic rings. The topological polar surface area (TPSA) is 70.1 Å². The van der Waals surface area contributed by atoms with Crippen LogP contribution in [0, 0.1) is 40.4 Å². The minimum atomic E-state index is -0.269. The van der Waals surface area contributed by atoms with Crippen LogP contribution in [0.25, 0.3) is 0 Å². The largest absolute Gasteiger partial charge is 0.453 e. The SMILES string of the molecule is COC(=O)N1CCSC12CN(C(=O)CCC(C)[C@H]1CC[C@H]3[C@@H]4CC=C5C[C@@H](O)CC[C@]5(C)[C@H]4CC[C@]13C)C2. The molecule has 6 aliphatic rings. The van der Waals surface area contributed by atoms with E-state index in [1.807, 2.05) is 9.80 Å². The molecule has 1 N–H and O–H groups in total. The van der Waals surface area contributed by atoms with Gasteiger partial charge in [0.05, 0.1) is 26.3 Å². The van der Waals surface area contributed by atoms with Gasteiger partial charge in [-0.05, 0) is 98.2 Å². The highest BCUT2D eigenvalue weighted by Gasteiger charge is 2.59. The number of aliphatic hydroxyl groups is 1. The van der Waals surface area contributed by atoms with Gasteiger partial charge in [-0.3, -0.25) is 9.69 Å². The lowest BCUT2D eigenvalue weighted by Crippen LogP contribution is -2.68. The molecule has 6 rings (SSSR count). The molecule has 3 saturated carbocycles. The van der Waals surface area contributed by atoms with Gasteiger partial charge in [0.2, 0.25) is 5.91 Å². The highest BCUT2D eigenvalue weighted by molar-refractivity contribution is 8.01. The van der Waals surface area contributed by atoms with Crippen LogP contribution in [0.3, 0.4) is 0 Å². The Bertz CT molecular complexity index is 994. The summed E-state index contributed by atoms with van der Waals surface area (Å²) >= 11 is 1.79. The standard InChI is InChI=1S/C31H48N2O4S/c1-20(5-10-27(35)32-18-31(19-32)33(15-16-38-31)28(36)37-4)24-8-9-25-23-7-6-21-17-22(34)11-13-29(21,2)26(23)12-14-30(24,25)3/h6,20,22-26,34H,5,7-19H2,1-4H3/t20?,22-,23-,24+,25-,26-,29-,30+/m0/s1. The third-order valence-electron chi connectivity index (χ3n) is 12.5. The fourth-order valence-electron chi connectivity index (χ4n) is 10.3. The van der Waals surface area contributed by atoms with Crippen LogP contribution in [0.2, 0.25) is 0 Å². The van der Waals surface area contributed by atoms with E-state index in [2.05, 4.69) is 26.8 Å². The molecule has 2 saturated heterocycles. The van der Waals surface area contributed by atoms with Gasteiger partial charge < -0.3 is 14.7 Å². The van der Waals surface area contributed by atoms with Crippen molar-refractivity contribution < 1.29 is 19.4 Å². The van der Waals surface area contributed by atoms with Gasteiger partial charge >= 0.3 is 6.09 Å². The van der Waals surface area contributed by atoms with Crippen molar-refractivity contribution in [2.45, 2.75) is 96.0 Å². The Hall–Kier alpha value is -1.21. The third kappa shape index (κ3) is 4.07. The number of carbonyl (C=O) groups is 2. The molecule has 7 heteroatoms. The number of thioether (sulfide) groups is 1. The molecule has 2 heterocycles. The number of allylic oxidation sites excluding steroid dienone is 1. The summed E-state index contributed by atoms with van der Waals surface area (Å²) in [4.78, 5) is 28.8. The highest BCUT2D eigenvalue weighted by Crippen LogP contribution is 2.67. The van der Waals surface area contributed by atoms with Crippen molar-refractivity contribution in [2.24, 2.45) is 40.4 Å². The number of rotatable bonds is 4. The number of hydrogen-bond donors (Lipinski definition) is 1. The number of ether oxygens (including phenoxy) is 1. The number of methoxy groups -OCH3 is 1. The molecular formula is C31H48N2O4S. The lowest BCUT2D eigenvalue weighted by molar-refractivity contribution is -0.139. The van der Waals surface area contributed by atoms with Crippen LogP contribution in [-0.4, -0.2) is 70.4 Å². The second-order valence-electron chi connectivity index (χ2n) is 14.1. The van der Waals surface area contributed by atoms with E-state index in [1.54, 1.807) is 17.3 Å². The van der Waals surface area contributed by atoms with E-state index in [4.69, 9.17) is 4.74 Å². The summed E-state index contributed by atoms with van der Waals surface area (Å²) in [5.74, 6) is 4.79. The fraction of sp³-hybridized carbons (Fsp3) is 0.871. The van der Waals surface area contributed by atoms with E-state index in [9.17, 15) is 14.7 Å². The lowest BCUT2D eigenvalue weighted by atomic mass is 9.47. The minimum Gasteiger partial charge on any atom is -0.453 e. The zero-order valence-corrected chi connectivity index (χ0v) is 24.7. The molecule has 212 valence electrons. The van der Waals surface area contributed by atoms with Crippen LogP contribution in [0.4, 0.5) is 4.79 Å². The zero-order valence-electron chi connectivity index (χ0n) is 23.9. The van der Waals surface area contributed by atoms with Gasteiger partial charge in [-0.15, -0.1) is 11.8 Å². The van der Waals surface area contributed by atoms with E-state index < -0.39 is 0 Å². The summed E-state index contributed by atoms with van der Waals surface area (Å²) in [5, 5.41) is 10.3. The van der Waals surface area contributed by atoms with E-state index in [0.717, 1.165) is 49.2 Å². The molecule has 4 aliphatic carbocycles. The van der Waals surface area contributed by atoms with Gasteiger partial charge in [0.15, 0.2) is 0 Å². The van der Waals surface area contributed by atoms with Crippen molar-refractivity contribution >= 4 is 23.8 Å². The van der Waals surface area contributed by atoms with Crippen molar-refractivity contribution in [1.29, 1.82) is 0 Å². The van der Waals surface area contributed by atoms with Gasteiger partial charge in [0.25, 0.3) is 0 Å². The summed E-state index contributed by atoms with van der Waals surface area (Å²) in [6, 6.07) is 0. The maximum atomic E-state index is 13.1. The van der Waals surface area contributed by atoms with Crippen molar-refractivity contribution in [3.05, 3.63) is 11.6 Å². The van der Waals surface area contributed by atoms with Crippen LogP contribution in [0.1, 0.15) is 85.0 Å². The molecule has 38 heavy (non-hydrogen) atoms. The van der Waals surface area contributed by atoms with Gasteiger partial charge in [-0.2, -0.15) is 0 Å². The predicted octanol–water partition coefficient (Wildman–Crippen LogP) is 5.70. The second-order valence-corrected chi connectivity index (χ2v) is 15.5. The predicted molar refractivity (Wildman–Crippen MR) is 150 cm³/mol. The molecule has 2 aliphatic heterocycles. The van der Waals surface area contributed by atoms with Crippen LogP contribution < -0.4 is 0 Å². The monoisotopic (exact) mass is 544 g/mol. The average molecular weight is 545 g/mol. The molecule has 0 bridgehead atoms. The summed E-state index contributed by atoms with van der Waals surface area (Å²) < 4.78 is 4.98. The molecule has 0 radical (unpaired) electrons. The molecule has 0 aromatic carbocycles. The van der Waals surface area contributed by atoms with Gasteiger partial charge in [-0.1, -0.05) is 32.4 Å². The van der Waals surface area contributed by atoms with Crippen LogP contribution in [0.15, 0.2) is 11.6 Å². The number of amides is 2. The summed E-state index contributed by atoms with van der Waals surface area (Å²) in [6.07, 6.45) is 13.2. The zero-order chi connectivity index (χ0) is 26.9. The normalized spacial score (nSPS) is 42.0. The Kier molecular flexibility index (Phi) is 6.90. The maximum absolute atomic E-state index is 13.1. The van der Waals surface area contributed by atoms with Crippen molar-refractivity contribution in [3.63, 3.8) is 0 Å². The Morgan fingerprint density at radius 3 is 2.71 bits per heavy atom. The molecule has 0 aromatic heterocycles. The molecule has 1 unspecified atom stereocenters. The Morgan fingerprint density at radius 1 is 1.16 bits per heavy atom. The highest BCUT2D eigenvalue weighted by atomic mass is 32.2. The molecule has 1 spiro atoms. The molecular weight excluding hydrogens is 496 g/mol. The van der Waals surface area contributed by atoms with Crippen molar-refractivity contribution in [1.82, 2.24) is 9.80 Å². The Morgan fingerprint density at radius 2 is 1.95 bits per heavy atom. The average Bonchev–Trinajstić information content (AvgIpc) is 3.48. The van der Waals surface area contributed by atoms with Crippen LogP contribution >= 0.6 is 11.8 Å². The first-order valence-electron chi connectivity index (χ1n) is 15.3. The van der Waals surface area contributed by atoms with Gasteiger partial charge in [0.1, 0.15) is 4.87 Å². The van der Waals surface area contributed by atoms with Crippen LogP contribution in [0.5, 0.6) is 0 Å². The Labute approximate surface area is 233 Å². The van der Waals surface area contributed by atoms with Crippen molar-refractivity contribution in [3.8, 4) is 0 Å². The number of fused-ring (bicyclic) bond motifs is 5. The van der Waals surface area contributed by atoms with E-state index in [0.29, 0.717) is 48.7 Å². The Balaban J connectivity index is 1.06. The summed E-state index contributed by atoms with van der Waals surface area (Å²) in [5.41, 5.74) is 2.25. The quantitative estimate of drug-likeness (QED) is 0.460. The first-order valence-corrected chi connectivity index (χ1v) is 16.2. The number of likely N-dealkylation sites (tertiary alicyclic amines) is 1. The molecule has 6 nitrogen and oxygen atoms in total. The summed E-state index contributed by atoms with van der Waals surface area (Å²) in [7, 11) is 1.44. The maximum Gasteiger partial charge on any atom is 0.410 e. The molecule has 5 fully saturated rings. The second kappa shape index (κ2) is 9.71. The van der Waals surface area contributed by atoms with Gasteiger partial charge in [-0.25, -0.2) is 4.79 Å². The minimum absolute atomic E-state index is 0.135. The first kappa shape index (κ1) is 27.0. The number of nitrogens with zero attached hydrogens (tertiary/aromatic N) is 2. The molecule has 8 atom stereocenters. The van der Waals surface area contributed by atoms with Gasteiger partial charge in [0, 0.05) is 18.7 Å². The summed E-state index contributed by atoms with van der Waals surface area (Å²) in [6.45, 7) is 9.49. The smallest absolute Gasteiger partial charge is 0.410 e. The van der Waals surface area contributed by atoms with Crippen molar-refractivity contribution in [2.75, 3.05) is 32.5 Å². The number of hydrogen-bond acceptors (Lipinski definition) is 5. The number of aliphatic hydroxyl groups excluding tert-OH is 1. The molecule has 2 amide bonds. The third-order valence-corrected chi connectivity index (χ3v) is 13.9. The van der Waals surface area contributed by atoms with E-state index in [1.165, 1.54) is 39.2 Å². The van der Waals surface area contributed by atoms with E-state index >= 15 is 0 Å².